The van der Waals surface area contributed by atoms with Crippen molar-refractivity contribution in [3.63, 3.8) is 0 Å². The molecule has 32 heavy (non-hydrogen) atoms. The van der Waals surface area contributed by atoms with Gasteiger partial charge in [0.2, 0.25) is 0 Å². The number of carbonyl (C=O) groups is 3. The zero-order valence-electron chi connectivity index (χ0n) is 20.7. The van der Waals surface area contributed by atoms with Gasteiger partial charge in [-0.2, -0.15) is 13.2 Å². The monoisotopic (exact) mass is 458 g/mol. The fourth-order valence-corrected chi connectivity index (χ4v) is 3.32. The Hall–Kier alpha value is -2.18. The van der Waals surface area contributed by atoms with E-state index in [1.807, 2.05) is 13.8 Å². The molecule has 0 radical (unpaired) electrons. The molecule has 1 aliphatic carbocycles. The molecule has 0 saturated heterocycles. The second-order valence-corrected chi connectivity index (χ2v) is 9.48. The van der Waals surface area contributed by atoms with E-state index in [0.29, 0.717) is 22.1 Å². The molecule has 1 fully saturated rings. The highest BCUT2D eigenvalue weighted by Gasteiger charge is 2.43. The summed E-state index contributed by atoms with van der Waals surface area (Å²) >= 11 is 0. The van der Waals surface area contributed by atoms with E-state index in [0.717, 1.165) is 0 Å². The number of rotatable bonds is 5. The van der Waals surface area contributed by atoms with Gasteiger partial charge in [-0.05, 0) is 55.0 Å². The third-order valence-electron chi connectivity index (χ3n) is 4.25. The molecular weight excluding hydrogens is 421 g/mol. The van der Waals surface area contributed by atoms with Crippen molar-refractivity contribution in [2.24, 2.45) is 11.3 Å². The van der Waals surface area contributed by atoms with Crippen LogP contribution < -0.4 is 4.74 Å². The van der Waals surface area contributed by atoms with Gasteiger partial charge < -0.3 is 9.53 Å². The number of ether oxygens (including phenoxy) is 1. The molecule has 0 spiro atoms. The van der Waals surface area contributed by atoms with E-state index in [9.17, 15) is 27.6 Å². The van der Waals surface area contributed by atoms with E-state index in [-0.39, 0.29) is 35.9 Å². The van der Waals surface area contributed by atoms with E-state index in [2.05, 4.69) is 27.7 Å². The van der Waals surface area contributed by atoms with Crippen LogP contribution in [0.2, 0.25) is 0 Å². The van der Waals surface area contributed by atoms with Crippen LogP contribution in [0.5, 0.6) is 5.75 Å². The summed E-state index contributed by atoms with van der Waals surface area (Å²) in [7, 11) is 0. The Balaban J connectivity index is 0.00000121. The standard InChI is InChI=1S/C18H19F3O4.C5H12.C2H6/c1-9-4-13(25-8-18(19,20)21)5-10(2)15(9)16-14(23)7-12(17(16)24)6-11(3)22;1-5(2,3)4;1-2/h4-5,12,16H,6-8H2,1-3H3;1-4H3;1-2H3. The second kappa shape index (κ2) is 12.2. The highest BCUT2D eigenvalue weighted by Crippen LogP contribution is 2.38. The minimum atomic E-state index is -4.45. The molecule has 0 bridgehead atoms. The number of aryl methyl sites for hydroxylation is 2. The summed E-state index contributed by atoms with van der Waals surface area (Å²) in [5.41, 5.74) is 2.04. The second-order valence-electron chi connectivity index (χ2n) is 9.48. The molecule has 1 aromatic carbocycles. The first-order chi connectivity index (χ1) is 14.5. The molecule has 2 rings (SSSR count). The number of halogens is 3. The molecule has 0 amide bonds. The molecule has 0 heterocycles. The Kier molecular flexibility index (Phi) is 11.3. The Morgan fingerprint density at radius 3 is 1.84 bits per heavy atom. The predicted octanol–water partition coefficient (Wildman–Crippen LogP) is 6.54. The fraction of sp³-hybridized carbons (Fsp3) is 0.640. The first kappa shape index (κ1) is 29.8. The van der Waals surface area contributed by atoms with Crippen LogP contribution in [-0.2, 0) is 14.4 Å². The number of ketones is 3. The predicted molar refractivity (Wildman–Crippen MR) is 120 cm³/mol. The maximum atomic E-state index is 12.5. The van der Waals surface area contributed by atoms with Crippen LogP contribution in [-0.4, -0.2) is 30.1 Å². The highest BCUT2D eigenvalue weighted by atomic mass is 19.4. The van der Waals surface area contributed by atoms with Crippen molar-refractivity contribution in [1.82, 2.24) is 0 Å². The fourth-order valence-electron chi connectivity index (χ4n) is 3.32. The summed E-state index contributed by atoms with van der Waals surface area (Å²) in [4.78, 5) is 36.1. The Morgan fingerprint density at radius 2 is 1.47 bits per heavy atom. The summed E-state index contributed by atoms with van der Waals surface area (Å²) in [5, 5.41) is 0. The van der Waals surface area contributed by atoms with Crippen molar-refractivity contribution in [3.05, 3.63) is 28.8 Å². The molecule has 1 aliphatic rings. The summed E-state index contributed by atoms with van der Waals surface area (Å²) in [6, 6.07) is 2.79. The van der Waals surface area contributed by atoms with Gasteiger partial charge in [0.25, 0.3) is 0 Å². The molecule has 1 saturated carbocycles. The molecule has 4 nitrogen and oxygen atoms in total. The van der Waals surface area contributed by atoms with Crippen LogP contribution in [0.1, 0.15) is 83.9 Å². The molecule has 2 unspecified atom stereocenters. The number of alkyl halides is 3. The lowest BCUT2D eigenvalue weighted by atomic mass is 9.87. The van der Waals surface area contributed by atoms with Crippen molar-refractivity contribution in [2.45, 2.75) is 87.2 Å². The zero-order chi connectivity index (χ0) is 25.4. The van der Waals surface area contributed by atoms with Crippen LogP contribution in [0.4, 0.5) is 13.2 Å². The van der Waals surface area contributed by atoms with E-state index in [1.165, 1.54) is 19.1 Å². The number of hydrogen-bond donors (Lipinski definition) is 0. The third kappa shape index (κ3) is 10.4. The average molecular weight is 459 g/mol. The van der Waals surface area contributed by atoms with Crippen LogP contribution in [0.25, 0.3) is 0 Å². The topological polar surface area (TPSA) is 60.4 Å². The molecule has 7 heteroatoms. The smallest absolute Gasteiger partial charge is 0.422 e. The van der Waals surface area contributed by atoms with Gasteiger partial charge in [0.15, 0.2) is 12.4 Å². The van der Waals surface area contributed by atoms with E-state index in [1.54, 1.807) is 13.8 Å². The maximum absolute atomic E-state index is 12.5. The quantitative estimate of drug-likeness (QED) is 0.470. The molecular formula is C25H37F3O4. The molecule has 0 aliphatic heterocycles. The van der Waals surface area contributed by atoms with Gasteiger partial charge in [0.1, 0.15) is 23.2 Å². The molecule has 0 N–H and O–H groups in total. The maximum Gasteiger partial charge on any atom is 0.422 e. The van der Waals surface area contributed by atoms with Gasteiger partial charge in [-0.15, -0.1) is 0 Å². The summed E-state index contributed by atoms with van der Waals surface area (Å²) in [6.45, 7) is 16.0. The van der Waals surface area contributed by atoms with Crippen LogP contribution in [0.15, 0.2) is 12.1 Å². The van der Waals surface area contributed by atoms with Crippen LogP contribution >= 0.6 is 0 Å². The van der Waals surface area contributed by atoms with Gasteiger partial charge in [-0.3, -0.25) is 9.59 Å². The zero-order valence-corrected chi connectivity index (χ0v) is 20.7. The average Bonchev–Trinajstić information content (AvgIpc) is 2.86. The minimum absolute atomic E-state index is 0.0221. The third-order valence-corrected chi connectivity index (χ3v) is 4.25. The normalized spacial score (nSPS) is 18.4. The van der Waals surface area contributed by atoms with Crippen molar-refractivity contribution in [3.8, 4) is 5.75 Å². The first-order valence-electron chi connectivity index (χ1n) is 10.9. The Bertz CT molecular complexity index is 775. The molecule has 1 aromatic rings. The number of carbonyl (C=O) groups excluding carboxylic acids is 3. The van der Waals surface area contributed by atoms with Gasteiger partial charge in [-0.25, -0.2) is 0 Å². The summed E-state index contributed by atoms with van der Waals surface area (Å²) in [5.74, 6) is -2.25. The van der Waals surface area contributed by atoms with Crippen molar-refractivity contribution < 1.29 is 32.3 Å². The van der Waals surface area contributed by atoms with Gasteiger partial charge >= 0.3 is 6.18 Å². The number of Topliss-reactive ketones (excluding diaryl/α,β-unsaturated/α-hetero) is 3. The van der Waals surface area contributed by atoms with Crippen molar-refractivity contribution in [2.75, 3.05) is 6.61 Å². The number of benzene rings is 1. The van der Waals surface area contributed by atoms with Crippen molar-refractivity contribution in [1.29, 1.82) is 0 Å². The van der Waals surface area contributed by atoms with E-state index >= 15 is 0 Å². The highest BCUT2D eigenvalue weighted by molar-refractivity contribution is 6.15. The minimum Gasteiger partial charge on any atom is -0.484 e. The lowest BCUT2D eigenvalue weighted by Gasteiger charge is -2.18. The molecule has 0 aromatic heterocycles. The lowest BCUT2D eigenvalue weighted by Crippen LogP contribution is -2.20. The van der Waals surface area contributed by atoms with Gasteiger partial charge in [0, 0.05) is 18.8 Å². The van der Waals surface area contributed by atoms with Crippen LogP contribution in [0.3, 0.4) is 0 Å². The summed E-state index contributed by atoms with van der Waals surface area (Å²) < 4.78 is 41.6. The Labute approximate surface area is 189 Å². The van der Waals surface area contributed by atoms with E-state index < -0.39 is 24.6 Å². The van der Waals surface area contributed by atoms with Crippen molar-refractivity contribution >= 4 is 17.3 Å². The van der Waals surface area contributed by atoms with Gasteiger partial charge in [0.05, 0.1) is 0 Å². The Morgan fingerprint density at radius 1 is 1.03 bits per heavy atom. The molecule has 182 valence electrons. The molecule has 2 atom stereocenters. The number of hydrogen-bond acceptors (Lipinski definition) is 4. The largest absolute Gasteiger partial charge is 0.484 e. The van der Waals surface area contributed by atoms with Crippen LogP contribution in [0, 0.1) is 25.2 Å². The SMILES string of the molecule is CC.CC(=O)CC1CC(=O)C(c2c(C)cc(OCC(F)(F)F)cc2C)C1=O.CC(C)(C)C. The lowest BCUT2D eigenvalue weighted by molar-refractivity contribution is -0.153. The summed E-state index contributed by atoms with van der Waals surface area (Å²) in [6.07, 6.45) is -4.39. The van der Waals surface area contributed by atoms with E-state index in [4.69, 9.17) is 4.74 Å². The van der Waals surface area contributed by atoms with Gasteiger partial charge in [-0.1, -0.05) is 41.5 Å². The first-order valence-corrected chi connectivity index (χ1v) is 10.9.